The second-order valence-corrected chi connectivity index (χ2v) is 17.3. The molecule has 1 aliphatic carbocycles. The van der Waals surface area contributed by atoms with E-state index in [9.17, 15) is 9.59 Å². The first-order valence-electron chi connectivity index (χ1n) is 24.2. The number of hydrogen-bond acceptors (Lipinski definition) is 5. The van der Waals surface area contributed by atoms with E-state index in [4.69, 9.17) is 14.2 Å². The molecule has 3 atom stereocenters. The predicted octanol–water partition coefficient (Wildman–Crippen LogP) is 15.1. The minimum Gasteiger partial charge on any atom is -0.465 e. The molecule has 3 rings (SSSR count). The largest absolute Gasteiger partial charge is 0.465 e. The van der Waals surface area contributed by atoms with Gasteiger partial charge in [-0.2, -0.15) is 0 Å². The lowest BCUT2D eigenvalue weighted by molar-refractivity contribution is -0.268. The van der Waals surface area contributed by atoms with Crippen LogP contribution in [0.1, 0.15) is 264 Å². The second-order valence-electron chi connectivity index (χ2n) is 17.3. The zero-order valence-electron chi connectivity index (χ0n) is 35.7. The molecule has 0 radical (unpaired) electrons. The van der Waals surface area contributed by atoms with Crippen LogP contribution >= 0.6 is 0 Å². The average Bonchev–Trinajstić information content (AvgIpc) is 3.16. The molecule has 2 aliphatic heterocycles. The molecule has 2 saturated heterocycles. The molecule has 0 aromatic heterocycles. The molecule has 0 spiro atoms. The van der Waals surface area contributed by atoms with E-state index in [1.807, 2.05) is 0 Å². The molecule has 1 saturated carbocycles. The number of hydrogen-bond donors (Lipinski definition) is 0. The van der Waals surface area contributed by atoms with Gasteiger partial charge in [0.1, 0.15) is 0 Å². The number of ether oxygens (including phenoxy) is 3. The van der Waals surface area contributed by atoms with Crippen LogP contribution in [0.2, 0.25) is 0 Å². The molecule has 3 fully saturated rings. The SMILES string of the molecule is CCCCCCCCCCCCCCCCCCCCOC(=O)C1CCC2CC1(C(=O)OCCCCCCCCCCCCCCCCCCCC)O2. The van der Waals surface area contributed by atoms with Gasteiger partial charge in [0.15, 0.2) is 5.60 Å². The first-order chi connectivity index (χ1) is 26.1. The summed E-state index contributed by atoms with van der Waals surface area (Å²) in [6.45, 7) is 5.45. The number of rotatable bonds is 40. The van der Waals surface area contributed by atoms with Crippen molar-refractivity contribution in [3.05, 3.63) is 0 Å². The highest BCUT2D eigenvalue weighted by Gasteiger charge is 2.63. The lowest BCUT2D eigenvalue weighted by Crippen LogP contribution is -2.66. The fourth-order valence-electron chi connectivity index (χ4n) is 8.75. The van der Waals surface area contributed by atoms with Crippen molar-refractivity contribution in [2.24, 2.45) is 5.92 Å². The maximum atomic E-state index is 13.2. The molecular weight excluding hydrogens is 657 g/mol. The maximum Gasteiger partial charge on any atom is 0.339 e. The molecule has 3 aliphatic rings. The van der Waals surface area contributed by atoms with E-state index in [2.05, 4.69) is 13.8 Å². The Labute approximate surface area is 330 Å². The standard InChI is InChI=1S/C48H90O5/c1-3-5-7-9-11-13-15-17-19-21-23-25-27-29-31-33-35-37-41-51-46(49)45-40-39-44-43-48(45,53-44)47(50)52-42-38-36-34-32-30-28-26-24-22-20-18-16-14-12-10-8-6-4-2/h44-45H,3-43H2,1-2H3. The van der Waals surface area contributed by atoms with E-state index in [1.54, 1.807) is 0 Å². The summed E-state index contributed by atoms with van der Waals surface area (Å²) in [6.07, 6.45) is 50.4. The summed E-state index contributed by atoms with van der Waals surface area (Å²) < 4.78 is 17.4. The van der Waals surface area contributed by atoms with E-state index < -0.39 is 11.5 Å². The fourth-order valence-corrected chi connectivity index (χ4v) is 8.75. The van der Waals surface area contributed by atoms with Crippen molar-refractivity contribution in [2.45, 2.75) is 276 Å². The zero-order valence-corrected chi connectivity index (χ0v) is 35.7. The van der Waals surface area contributed by atoms with Gasteiger partial charge in [-0.3, -0.25) is 4.79 Å². The van der Waals surface area contributed by atoms with Crippen molar-refractivity contribution in [2.75, 3.05) is 13.2 Å². The predicted molar refractivity (Wildman–Crippen MR) is 224 cm³/mol. The van der Waals surface area contributed by atoms with Crippen LogP contribution in [0.4, 0.5) is 0 Å². The highest BCUT2D eigenvalue weighted by Crippen LogP contribution is 2.49. The van der Waals surface area contributed by atoms with Crippen LogP contribution in [0.25, 0.3) is 0 Å². The van der Waals surface area contributed by atoms with Crippen LogP contribution in [0.3, 0.4) is 0 Å². The number of fused-ring (bicyclic) bond motifs is 2. The number of unbranched alkanes of at least 4 members (excludes halogenated alkanes) is 34. The van der Waals surface area contributed by atoms with Gasteiger partial charge in [0.25, 0.3) is 0 Å². The van der Waals surface area contributed by atoms with Gasteiger partial charge in [-0.05, 0) is 25.7 Å². The van der Waals surface area contributed by atoms with Gasteiger partial charge in [-0.1, -0.05) is 232 Å². The summed E-state index contributed by atoms with van der Waals surface area (Å²) >= 11 is 0. The molecule has 0 aromatic carbocycles. The molecule has 5 nitrogen and oxygen atoms in total. The van der Waals surface area contributed by atoms with Gasteiger partial charge in [0, 0.05) is 6.42 Å². The zero-order chi connectivity index (χ0) is 37.9. The fraction of sp³-hybridized carbons (Fsp3) is 0.958. The molecule has 2 heterocycles. The molecule has 53 heavy (non-hydrogen) atoms. The van der Waals surface area contributed by atoms with Gasteiger partial charge in [0.2, 0.25) is 0 Å². The molecule has 3 unspecified atom stereocenters. The van der Waals surface area contributed by atoms with Crippen molar-refractivity contribution in [1.82, 2.24) is 0 Å². The first kappa shape index (κ1) is 48.0. The smallest absolute Gasteiger partial charge is 0.339 e. The number of carbonyl (C=O) groups excluding carboxylic acids is 2. The van der Waals surface area contributed by atoms with E-state index in [-0.39, 0.29) is 18.0 Å². The Morgan fingerprint density at radius 1 is 0.434 bits per heavy atom. The van der Waals surface area contributed by atoms with Crippen LogP contribution in [0.15, 0.2) is 0 Å². The Kier molecular flexibility index (Phi) is 31.0. The Morgan fingerprint density at radius 2 is 0.717 bits per heavy atom. The summed E-state index contributed by atoms with van der Waals surface area (Å²) in [5.74, 6) is -1.12. The molecule has 312 valence electrons. The van der Waals surface area contributed by atoms with Gasteiger partial charge in [-0.15, -0.1) is 0 Å². The third-order valence-electron chi connectivity index (χ3n) is 12.4. The van der Waals surface area contributed by atoms with Crippen LogP contribution < -0.4 is 0 Å². The number of esters is 2. The molecule has 0 aromatic rings. The van der Waals surface area contributed by atoms with E-state index >= 15 is 0 Å². The van der Waals surface area contributed by atoms with Crippen molar-refractivity contribution in [3.8, 4) is 0 Å². The molecule has 0 N–H and O–H groups in total. The van der Waals surface area contributed by atoms with Gasteiger partial charge in [0.05, 0.1) is 25.2 Å². The van der Waals surface area contributed by atoms with Crippen LogP contribution in [-0.2, 0) is 23.8 Å². The van der Waals surface area contributed by atoms with E-state index in [0.717, 1.165) is 32.1 Å². The first-order valence-corrected chi connectivity index (χ1v) is 24.2. The molecule has 0 amide bonds. The third-order valence-corrected chi connectivity index (χ3v) is 12.4. The molecular formula is C48H90O5. The van der Waals surface area contributed by atoms with Crippen molar-refractivity contribution in [3.63, 3.8) is 0 Å². The summed E-state index contributed by atoms with van der Waals surface area (Å²) in [5.41, 5.74) is -1.10. The normalized spacial score (nSPS) is 19.3. The monoisotopic (exact) mass is 747 g/mol. The Morgan fingerprint density at radius 3 is 1.04 bits per heavy atom. The minimum absolute atomic E-state index is 0.0895. The maximum absolute atomic E-state index is 13.2. The van der Waals surface area contributed by atoms with Gasteiger partial charge < -0.3 is 14.2 Å². The van der Waals surface area contributed by atoms with Gasteiger partial charge >= 0.3 is 11.9 Å². The van der Waals surface area contributed by atoms with E-state index in [1.165, 1.54) is 205 Å². The van der Waals surface area contributed by atoms with Crippen molar-refractivity contribution in [1.29, 1.82) is 0 Å². The highest BCUT2D eigenvalue weighted by molar-refractivity contribution is 5.89. The van der Waals surface area contributed by atoms with Crippen LogP contribution in [0.5, 0.6) is 0 Å². The van der Waals surface area contributed by atoms with Crippen molar-refractivity contribution < 1.29 is 23.8 Å². The summed E-state index contributed by atoms with van der Waals surface area (Å²) in [4.78, 5) is 26.2. The summed E-state index contributed by atoms with van der Waals surface area (Å²) in [5, 5.41) is 0. The number of carbonyl (C=O) groups is 2. The lowest BCUT2D eigenvalue weighted by atomic mass is 9.69. The topological polar surface area (TPSA) is 61.8 Å². The van der Waals surface area contributed by atoms with E-state index in [0.29, 0.717) is 26.1 Å². The minimum atomic E-state index is -1.10. The summed E-state index contributed by atoms with van der Waals surface area (Å²) in [7, 11) is 0. The Bertz CT molecular complexity index is 836. The molecule has 5 heteroatoms. The Hall–Kier alpha value is -1.10. The molecule has 2 bridgehead atoms. The quantitative estimate of drug-likeness (QED) is 0.0461. The van der Waals surface area contributed by atoms with Crippen molar-refractivity contribution >= 4 is 11.9 Å². The summed E-state index contributed by atoms with van der Waals surface area (Å²) in [6, 6.07) is 0. The van der Waals surface area contributed by atoms with Crippen LogP contribution in [-0.4, -0.2) is 36.9 Å². The van der Waals surface area contributed by atoms with Gasteiger partial charge in [-0.25, -0.2) is 4.79 Å². The van der Waals surface area contributed by atoms with Crippen LogP contribution in [0, 0.1) is 5.92 Å². The second kappa shape index (κ2) is 34.2. The highest BCUT2D eigenvalue weighted by atomic mass is 16.6. The Balaban J connectivity index is 1.37. The average molecular weight is 747 g/mol. The third kappa shape index (κ3) is 23.5. The lowest BCUT2D eigenvalue weighted by Gasteiger charge is -2.53.